The number of aryl methyl sites for hydroxylation is 1. The van der Waals surface area contributed by atoms with Crippen LogP contribution in [0.25, 0.3) is 0 Å². The third-order valence-electron chi connectivity index (χ3n) is 4.64. The normalized spacial score (nSPS) is 24.0. The molecule has 1 aromatic rings. The molecule has 0 spiro atoms. The minimum atomic E-state index is 0. The molecule has 3 rings (SSSR count). The first-order valence-corrected chi connectivity index (χ1v) is 9.09. The van der Waals surface area contributed by atoms with Crippen LogP contribution < -0.4 is 5.32 Å². The van der Waals surface area contributed by atoms with Gasteiger partial charge in [-0.15, -0.1) is 36.2 Å². The Morgan fingerprint density at radius 1 is 1.39 bits per heavy atom. The van der Waals surface area contributed by atoms with Crippen LogP contribution in [0, 0.1) is 0 Å². The maximum absolute atomic E-state index is 12.5. The number of amides is 1. The molecule has 0 saturated carbocycles. The van der Waals surface area contributed by atoms with Gasteiger partial charge in [-0.1, -0.05) is 6.92 Å². The van der Waals surface area contributed by atoms with E-state index < -0.39 is 0 Å². The maximum atomic E-state index is 12.5. The molecule has 0 aliphatic carbocycles. The summed E-state index contributed by atoms with van der Waals surface area (Å²) in [4.78, 5) is 19.2. The second-order valence-corrected chi connectivity index (χ2v) is 7.10. The van der Waals surface area contributed by atoms with Crippen LogP contribution in [-0.2, 0) is 11.2 Å². The summed E-state index contributed by atoms with van der Waals surface area (Å²) in [6, 6.07) is 0.407. The zero-order valence-electron chi connectivity index (χ0n) is 13.6. The van der Waals surface area contributed by atoms with Gasteiger partial charge in [0, 0.05) is 36.9 Å². The van der Waals surface area contributed by atoms with Crippen molar-refractivity contribution in [2.24, 2.45) is 0 Å². The van der Waals surface area contributed by atoms with E-state index in [-0.39, 0.29) is 24.8 Å². The molecule has 1 amide bonds. The number of piperidine rings is 1. The number of aromatic nitrogens is 1. The lowest BCUT2D eigenvalue weighted by atomic mass is 9.98. The first-order valence-electron chi connectivity index (χ1n) is 8.21. The molecule has 0 bridgehead atoms. The van der Waals surface area contributed by atoms with Crippen molar-refractivity contribution >= 4 is 42.1 Å². The van der Waals surface area contributed by atoms with Gasteiger partial charge >= 0.3 is 0 Å². The van der Waals surface area contributed by atoms with Crippen LogP contribution in [0.5, 0.6) is 0 Å². The molecule has 132 valence electrons. The maximum Gasteiger partial charge on any atom is 0.224 e. The van der Waals surface area contributed by atoms with Crippen LogP contribution in [-0.4, -0.2) is 41.5 Å². The highest BCUT2D eigenvalue weighted by atomic mass is 35.5. The third-order valence-corrected chi connectivity index (χ3v) is 5.69. The van der Waals surface area contributed by atoms with Crippen molar-refractivity contribution in [1.29, 1.82) is 0 Å². The van der Waals surface area contributed by atoms with Crippen LogP contribution in [0.2, 0.25) is 0 Å². The molecule has 0 radical (unpaired) electrons. The zero-order chi connectivity index (χ0) is 14.7. The molecule has 2 unspecified atom stereocenters. The first-order chi connectivity index (χ1) is 10.3. The number of carbonyl (C=O) groups excluding carboxylic acids is 1. The Morgan fingerprint density at radius 3 is 2.87 bits per heavy atom. The van der Waals surface area contributed by atoms with Gasteiger partial charge in [0.25, 0.3) is 0 Å². The van der Waals surface area contributed by atoms with Crippen LogP contribution >= 0.6 is 36.2 Å². The number of hydrogen-bond acceptors (Lipinski definition) is 4. The van der Waals surface area contributed by atoms with Gasteiger partial charge in [-0.3, -0.25) is 4.79 Å². The van der Waals surface area contributed by atoms with Gasteiger partial charge in [0.1, 0.15) is 0 Å². The van der Waals surface area contributed by atoms with Crippen molar-refractivity contribution in [1.82, 2.24) is 15.2 Å². The van der Waals surface area contributed by atoms with Gasteiger partial charge in [-0.2, -0.15) is 0 Å². The summed E-state index contributed by atoms with van der Waals surface area (Å²) < 4.78 is 0. The lowest BCUT2D eigenvalue weighted by molar-refractivity contribution is -0.132. The molecule has 1 aromatic heterocycles. The number of halogens is 2. The van der Waals surface area contributed by atoms with Gasteiger partial charge in [0.05, 0.1) is 10.7 Å². The number of carbonyl (C=O) groups is 1. The Balaban J connectivity index is 0.00000132. The van der Waals surface area contributed by atoms with E-state index in [2.05, 4.69) is 22.5 Å². The van der Waals surface area contributed by atoms with Gasteiger partial charge < -0.3 is 10.2 Å². The number of likely N-dealkylation sites (tertiary alicyclic amines) is 1. The second-order valence-electron chi connectivity index (χ2n) is 6.21. The Bertz CT molecular complexity index is 491. The smallest absolute Gasteiger partial charge is 0.224 e. The first kappa shape index (κ1) is 20.7. The highest BCUT2D eigenvalue weighted by Crippen LogP contribution is 2.30. The predicted molar refractivity (Wildman–Crippen MR) is 100 cm³/mol. The summed E-state index contributed by atoms with van der Waals surface area (Å²) in [7, 11) is 0. The fourth-order valence-corrected chi connectivity index (χ4v) is 4.38. The predicted octanol–water partition coefficient (Wildman–Crippen LogP) is 3.40. The molecule has 23 heavy (non-hydrogen) atoms. The lowest BCUT2D eigenvalue weighted by Gasteiger charge is -2.32. The van der Waals surface area contributed by atoms with Crippen LogP contribution in [0.15, 0.2) is 5.38 Å². The minimum absolute atomic E-state index is 0. The highest BCUT2D eigenvalue weighted by molar-refractivity contribution is 7.09. The van der Waals surface area contributed by atoms with Crippen molar-refractivity contribution in [3.05, 3.63) is 16.1 Å². The fraction of sp³-hybridized carbons (Fsp3) is 0.750. The van der Waals surface area contributed by atoms with E-state index in [9.17, 15) is 4.79 Å². The summed E-state index contributed by atoms with van der Waals surface area (Å²) in [6.45, 7) is 5.00. The van der Waals surface area contributed by atoms with Crippen molar-refractivity contribution in [3.63, 3.8) is 0 Å². The average molecular weight is 380 g/mol. The average Bonchev–Trinajstić information content (AvgIpc) is 3.18. The number of thiazole rings is 1. The molecule has 4 nitrogen and oxygen atoms in total. The topological polar surface area (TPSA) is 45.2 Å². The standard InChI is InChI=1S/C16H25N3OS.2ClH/c1-2-13-11-21-16(18-13)12-5-4-8-19(10-12)15(20)9-14-6-3-7-17-14;;/h11-12,14,17H,2-10H2,1H3;2*1H. The van der Waals surface area contributed by atoms with E-state index in [4.69, 9.17) is 4.98 Å². The minimum Gasteiger partial charge on any atom is -0.342 e. The molecule has 2 saturated heterocycles. The Hall–Kier alpha value is -0.360. The van der Waals surface area contributed by atoms with E-state index in [1.54, 1.807) is 11.3 Å². The monoisotopic (exact) mass is 379 g/mol. The van der Waals surface area contributed by atoms with Gasteiger partial charge in [0.15, 0.2) is 0 Å². The van der Waals surface area contributed by atoms with E-state index in [1.807, 2.05) is 0 Å². The molecule has 2 aliphatic heterocycles. The molecule has 0 aromatic carbocycles. The summed E-state index contributed by atoms with van der Waals surface area (Å²) in [5, 5.41) is 6.81. The van der Waals surface area contributed by atoms with Crippen LogP contribution in [0.1, 0.15) is 55.6 Å². The second kappa shape index (κ2) is 9.82. The number of nitrogens with zero attached hydrogens (tertiary/aromatic N) is 2. The lowest BCUT2D eigenvalue weighted by Crippen LogP contribution is -2.41. The number of rotatable bonds is 4. The summed E-state index contributed by atoms with van der Waals surface area (Å²) in [5.41, 5.74) is 1.19. The zero-order valence-corrected chi connectivity index (χ0v) is 16.1. The largest absolute Gasteiger partial charge is 0.342 e. The van der Waals surface area contributed by atoms with Gasteiger partial charge in [0.2, 0.25) is 5.91 Å². The Kier molecular flexibility index (Phi) is 8.83. The molecule has 1 N–H and O–H groups in total. The fourth-order valence-electron chi connectivity index (χ4n) is 3.35. The molecule has 2 aliphatic rings. The Labute approximate surface area is 155 Å². The molecule has 2 fully saturated rings. The molecule has 7 heteroatoms. The molecule has 3 heterocycles. The highest BCUT2D eigenvalue weighted by Gasteiger charge is 2.28. The van der Waals surface area contributed by atoms with Crippen LogP contribution in [0.3, 0.4) is 0 Å². The van der Waals surface area contributed by atoms with Crippen molar-refractivity contribution in [2.45, 2.75) is 57.4 Å². The molecule has 2 atom stereocenters. The van der Waals surface area contributed by atoms with E-state index in [0.717, 1.165) is 38.9 Å². The number of nitrogens with one attached hydrogen (secondary N) is 1. The third kappa shape index (κ3) is 5.31. The van der Waals surface area contributed by atoms with E-state index in [1.165, 1.54) is 23.5 Å². The summed E-state index contributed by atoms with van der Waals surface area (Å²) >= 11 is 1.77. The van der Waals surface area contributed by atoms with Gasteiger partial charge in [-0.25, -0.2) is 4.98 Å². The van der Waals surface area contributed by atoms with Crippen LogP contribution in [0.4, 0.5) is 0 Å². The summed E-state index contributed by atoms with van der Waals surface area (Å²) in [6.07, 6.45) is 6.30. The van der Waals surface area contributed by atoms with E-state index >= 15 is 0 Å². The number of hydrogen-bond donors (Lipinski definition) is 1. The van der Waals surface area contributed by atoms with Gasteiger partial charge in [-0.05, 0) is 38.6 Å². The Morgan fingerprint density at radius 2 is 2.22 bits per heavy atom. The van der Waals surface area contributed by atoms with Crippen molar-refractivity contribution < 1.29 is 4.79 Å². The SMILES string of the molecule is CCc1csc(C2CCCN(C(=O)CC3CCCN3)C2)n1.Cl.Cl. The van der Waals surface area contributed by atoms with Crippen molar-refractivity contribution in [3.8, 4) is 0 Å². The quantitative estimate of drug-likeness (QED) is 0.871. The van der Waals surface area contributed by atoms with Crippen molar-refractivity contribution in [2.75, 3.05) is 19.6 Å². The summed E-state index contributed by atoms with van der Waals surface area (Å²) in [5.74, 6) is 0.774. The molecular weight excluding hydrogens is 353 g/mol. The molecular formula is C16H27Cl2N3OS. The van der Waals surface area contributed by atoms with E-state index in [0.29, 0.717) is 24.3 Å².